The van der Waals surface area contributed by atoms with Crippen LogP contribution in [-0.4, -0.2) is 65.5 Å². The highest BCUT2D eigenvalue weighted by atomic mass is 16.6. The topological polar surface area (TPSA) is 134 Å². The van der Waals surface area contributed by atoms with Gasteiger partial charge in [-0.25, -0.2) is 0 Å². The number of aliphatic hydroxyl groups excluding tert-OH is 1. The smallest absolute Gasteiger partial charge is 0.324 e. The Bertz CT molecular complexity index is 2310. The molecule has 56 heavy (non-hydrogen) atoms. The van der Waals surface area contributed by atoms with Gasteiger partial charge in [0.15, 0.2) is 0 Å². The van der Waals surface area contributed by atoms with Crippen LogP contribution in [0.2, 0.25) is 0 Å². The third-order valence-electron chi connectivity index (χ3n) is 11.0. The number of morpholine rings is 1. The van der Waals surface area contributed by atoms with Crippen LogP contribution in [0.25, 0.3) is 0 Å². The lowest BCUT2D eigenvalue weighted by Gasteiger charge is -2.46. The number of cyclic esters (lactones) is 1. The summed E-state index contributed by atoms with van der Waals surface area (Å²) < 4.78 is 12.2. The van der Waals surface area contributed by atoms with Gasteiger partial charge in [0, 0.05) is 17.8 Å². The zero-order valence-corrected chi connectivity index (χ0v) is 30.9. The third kappa shape index (κ3) is 6.50. The van der Waals surface area contributed by atoms with Crippen LogP contribution in [0.5, 0.6) is 5.75 Å². The van der Waals surface area contributed by atoms with Crippen LogP contribution >= 0.6 is 0 Å². The van der Waals surface area contributed by atoms with Crippen molar-refractivity contribution in [3.8, 4) is 17.6 Å². The van der Waals surface area contributed by atoms with Crippen LogP contribution in [0.15, 0.2) is 133 Å². The number of aliphatic hydroxyl groups is 1. The van der Waals surface area contributed by atoms with Crippen molar-refractivity contribution >= 4 is 23.5 Å². The first-order valence-corrected chi connectivity index (χ1v) is 18.7. The molecule has 2 fully saturated rings. The average Bonchev–Trinajstić information content (AvgIpc) is 3.70. The number of hydrogen-bond donors (Lipinski definition) is 3. The van der Waals surface area contributed by atoms with E-state index in [0.29, 0.717) is 34.7 Å². The molecule has 4 N–H and O–H groups in total. The fraction of sp³-hybridized carbons (Fsp3) is 0.239. The molecule has 10 nitrogen and oxygen atoms in total. The zero-order valence-electron chi connectivity index (χ0n) is 30.9. The molecule has 0 aliphatic carbocycles. The molecular weight excluding hydrogens is 705 g/mol. The predicted octanol–water partition coefficient (Wildman–Crippen LogP) is 5.30. The van der Waals surface area contributed by atoms with Crippen LogP contribution in [0, 0.1) is 17.8 Å². The Morgan fingerprint density at radius 1 is 0.875 bits per heavy atom. The van der Waals surface area contributed by atoms with Gasteiger partial charge in [0.25, 0.3) is 0 Å². The minimum atomic E-state index is -1.69. The highest BCUT2D eigenvalue weighted by molar-refractivity contribution is 6.12. The minimum Gasteiger partial charge on any atom is -0.491 e. The Hall–Kier alpha value is -6.25. The molecule has 0 radical (unpaired) electrons. The molecule has 5 aromatic carbocycles. The molecule has 0 saturated carbocycles. The lowest BCUT2D eigenvalue weighted by atomic mass is 9.65. The van der Waals surface area contributed by atoms with Crippen molar-refractivity contribution in [2.24, 2.45) is 11.7 Å². The van der Waals surface area contributed by atoms with Crippen LogP contribution in [0.4, 0.5) is 5.69 Å². The second kappa shape index (κ2) is 15.5. The first-order chi connectivity index (χ1) is 27.3. The van der Waals surface area contributed by atoms with Crippen LogP contribution in [-0.2, 0) is 31.1 Å². The average molecular weight is 747 g/mol. The van der Waals surface area contributed by atoms with E-state index in [0.717, 1.165) is 17.7 Å². The minimum absolute atomic E-state index is 0.0520. The summed E-state index contributed by atoms with van der Waals surface area (Å²) in [5.41, 5.74) is 9.75. The molecule has 6 atom stereocenters. The van der Waals surface area contributed by atoms with Crippen molar-refractivity contribution < 1.29 is 29.0 Å². The first-order valence-electron chi connectivity index (χ1n) is 18.7. The van der Waals surface area contributed by atoms with E-state index in [1.165, 1.54) is 5.56 Å². The van der Waals surface area contributed by atoms with E-state index in [1.54, 1.807) is 24.3 Å². The van der Waals surface area contributed by atoms with Gasteiger partial charge in [-0.15, -0.1) is 0 Å². The summed E-state index contributed by atoms with van der Waals surface area (Å²) in [6, 6.07) is 39.2. The van der Waals surface area contributed by atoms with Crippen molar-refractivity contribution in [1.29, 1.82) is 0 Å². The summed E-state index contributed by atoms with van der Waals surface area (Å²) in [4.78, 5) is 47.8. The number of benzene rings is 5. The molecule has 2 amide bonds. The van der Waals surface area contributed by atoms with Crippen LogP contribution in [0.3, 0.4) is 0 Å². The van der Waals surface area contributed by atoms with E-state index in [-0.39, 0.29) is 13.2 Å². The molecule has 3 aliphatic rings. The number of ether oxygens (including phenoxy) is 2. The maximum Gasteiger partial charge on any atom is 0.324 e. The van der Waals surface area contributed by atoms with E-state index in [4.69, 9.17) is 15.2 Å². The largest absolute Gasteiger partial charge is 0.491 e. The Kier molecular flexibility index (Phi) is 10.1. The third-order valence-corrected chi connectivity index (χ3v) is 11.0. The van der Waals surface area contributed by atoms with Gasteiger partial charge >= 0.3 is 5.97 Å². The van der Waals surface area contributed by atoms with Crippen molar-refractivity contribution in [3.63, 3.8) is 0 Å². The molecule has 0 aromatic heterocycles. The Morgan fingerprint density at radius 3 is 2.25 bits per heavy atom. The molecule has 282 valence electrons. The van der Waals surface area contributed by atoms with E-state index in [1.807, 2.05) is 109 Å². The van der Waals surface area contributed by atoms with Crippen LogP contribution in [0.1, 0.15) is 51.6 Å². The molecular formula is C46H42N4O6. The molecule has 3 heterocycles. The van der Waals surface area contributed by atoms with E-state index in [2.05, 4.69) is 34.2 Å². The fourth-order valence-corrected chi connectivity index (χ4v) is 8.87. The monoisotopic (exact) mass is 746 g/mol. The number of amides is 2. The molecule has 0 bridgehead atoms. The zero-order chi connectivity index (χ0) is 38.8. The standard InChI is InChI=1S/C46H42N4O6/c1-49(29-31-13-5-2-6-14-31)24-12-15-30-22-23-37-36(27-30)46(45(54)48-37)38(43(47)52)40-44(53)56-41(33-18-9-4-10-19-33)39(32-16-7-3-8-17-32)50(40)42(46)34-20-11-21-35(28-34)55-26-25-51/h2-11,13-14,16-23,27-28,38-42,51H,24-26,29H2,1H3,(H2,47,52)(H,48,54)/t38-,39-,40-,41+,42+,46-/m0/s1. The summed E-state index contributed by atoms with van der Waals surface area (Å²) in [6.07, 6.45) is -0.795. The molecule has 10 heteroatoms. The lowest BCUT2D eigenvalue weighted by Crippen LogP contribution is -2.53. The van der Waals surface area contributed by atoms with Gasteiger partial charge in [-0.2, -0.15) is 0 Å². The molecule has 2 saturated heterocycles. The highest BCUT2D eigenvalue weighted by Gasteiger charge is 2.73. The Labute approximate surface area is 325 Å². The van der Waals surface area contributed by atoms with Gasteiger partial charge in [0.1, 0.15) is 29.9 Å². The van der Waals surface area contributed by atoms with Gasteiger partial charge in [-0.3, -0.25) is 24.2 Å². The summed E-state index contributed by atoms with van der Waals surface area (Å²) in [5.74, 6) is 3.76. The molecule has 1 spiro atoms. The van der Waals surface area contributed by atoms with Crippen molar-refractivity contribution in [2.75, 3.05) is 32.1 Å². The molecule has 8 rings (SSSR count). The van der Waals surface area contributed by atoms with Crippen molar-refractivity contribution in [2.45, 2.75) is 36.2 Å². The predicted molar refractivity (Wildman–Crippen MR) is 211 cm³/mol. The molecule has 0 unspecified atom stereocenters. The van der Waals surface area contributed by atoms with Gasteiger partial charge in [0.05, 0.1) is 31.2 Å². The number of nitrogens with two attached hydrogens (primary N) is 1. The number of carbonyl (C=O) groups is 3. The maximum absolute atomic E-state index is 15.0. The number of esters is 1. The number of nitrogens with one attached hydrogen (secondary N) is 1. The number of hydrogen-bond acceptors (Lipinski definition) is 8. The summed E-state index contributed by atoms with van der Waals surface area (Å²) in [7, 11) is 2.00. The fourth-order valence-electron chi connectivity index (χ4n) is 8.87. The Morgan fingerprint density at radius 2 is 1.55 bits per heavy atom. The highest BCUT2D eigenvalue weighted by Crippen LogP contribution is 2.64. The SMILES string of the molecule is CN(CC#Cc1ccc2c(c1)[C@]1(C(=O)N2)[C@H](C(N)=O)[C@H]2C(=O)O[C@H](c3ccccc3)[C@H](c3ccccc3)N2[C@@H]1c1cccc(OCCO)c1)Cc1ccccc1. The molecule has 3 aliphatic heterocycles. The number of rotatable bonds is 10. The Balaban J connectivity index is 1.31. The van der Waals surface area contributed by atoms with E-state index in [9.17, 15) is 14.7 Å². The van der Waals surface area contributed by atoms with Gasteiger partial charge in [-0.1, -0.05) is 115 Å². The number of anilines is 1. The van der Waals surface area contributed by atoms with Crippen LogP contribution < -0.4 is 15.8 Å². The van der Waals surface area contributed by atoms with Gasteiger partial charge < -0.3 is 25.6 Å². The quantitative estimate of drug-likeness (QED) is 0.130. The summed E-state index contributed by atoms with van der Waals surface area (Å²) >= 11 is 0. The second-order valence-corrected chi connectivity index (χ2v) is 14.5. The van der Waals surface area contributed by atoms with E-state index < -0.39 is 53.3 Å². The van der Waals surface area contributed by atoms with Crippen molar-refractivity contribution in [1.82, 2.24) is 9.80 Å². The number of nitrogens with zero attached hydrogens (tertiary/aromatic N) is 2. The maximum atomic E-state index is 15.0. The summed E-state index contributed by atoms with van der Waals surface area (Å²) in [6.45, 7) is 1.07. The van der Waals surface area contributed by atoms with Crippen molar-refractivity contribution in [3.05, 3.63) is 167 Å². The molecule has 5 aromatic rings. The van der Waals surface area contributed by atoms with Gasteiger partial charge in [0.2, 0.25) is 11.8 Å². The first kappa shape index (κ1) is 36.7. The van der Waals surface area contributed by atoms with Gasteiger partial charge in [-0.05, 0) is 65.2 Å². The number of fused-ring (bicyclic) bond motifs is 3. The lowest BCUT2D eigenvalue weighted by molar-refractivity contribution is -0.178. The van der Waals surface area contributed by atoms with E-state index >= 15 is 4.79 Å². The number of carbonyl (C=O) groups excluding carboxylic acids is 3. The normalized spacial score (nSPS) is 23.8. The number of primary amides is 1. The second-order valence-electron chi connectivity index (χ2n) is 14.5. The summed E-state index contributed by atoms with van der Waals surface area (Å²) in [5, 5.41) is 12.6.